The number of carbonyl (C=O) groups excluding carboxylic acids is 1. The van der Waals surface area contributed by atoms with Crippen LogP contribution in [-0.4, -0.2) is 19.0 Å². The molecule has 1 aromatic heterocycles. The smallest absolute Gasteiger partial charge is 0.245 e. The number of hydrogen-bond donors (Lipinski definition) is 2. The van der Waals surface area contributed by atoms with Crippen molar-refractivity contribution in [1.29, 1.82) is 0 Å². The summed E-state index contributed by atoms with van der Waals surface area (Å²) in [6.07, 6.45) is 0.993. The van der Waals surface area contributed by atoms with Crippen molar-refractivity contribution in [2.45, 2.75) is 18.9 Å². The standard InChI is InChI=1S/C10H14N2OS/c1-10(8-4-2-7-14-8)9(13)11-5-3-6-12-10/h2,4,7,12H,3,5-6H2,1H3,(H,11,13). The van der Waals surface area contributed by atoms with Crippen molar-refractivity contribution in [1.82, 2.24) is 10.6 Å². The average molecular weight is 210 g/mol. The van der Waals surface area contributed by atoms with Gasteiger partial charge in [-0.15, -0.1) is 11.3 Å². The summed E-state index contributed by atoms with van der Waals surface area (Å²) in [5, 5.41) is 8.24. The summed E-state index contributed by atoms with van der Waals surface area (Å²) in [6.45, 7) is 3.60. The number of carbonyl (C=O) groups is 1. The van der Waals surface area contributed by atoms with E-state index in [0.717, 1.165) is 24.4 Å². The molecular formula is C10H14N2OS. The Balaban J connectivity index is 2.31. The maximum atomic E-state index is 11.9. The largest absolute Gasteiger partial charge is 0.354 e. The van der Waals surface area contributed by atoms with Gasteiger partial charge in [0.15, 0.2) is 0 Å². The molecule has 1 amide bonds. The molecule has 1 unspecified atom stereocenters. The molecule has 2 rings (SSSR count). The first-order chi connectivity index (χ1) is 6.73. The zero-order valence-corrected chi connectivity index (χ0v) is 8.99. The fourth-order valence-corrected chi connectivity index (χ4v) is 2.51. The fraction of sp³-hybridized carbons (Fsp3) is 0.500. The predicted molar refractivity (Wildman–Crippen MR) is 57.3 cm³/mol. The normalized spacial score (nSPS) is 28.2. The Hall–Kier alpha value is -0.870. The lowest BCUT2D eigenvalue weighted by Crippen LogP contribution is -2.49. The van der Waals surface area contributed by atoms with Gasteiger partial charge >= 0.3 is 0 Å². The molecule has 3 nitrogen and oxygen atoms in total. The molecule has 1 aliphatic heterocycles. The number of amides is 1. The van der Waals surface area contributed by atoms with Crippen LogP contribution in [0.4, 0.5) is 0 Å². The molecule has 4 heteroatoms. The predicted octanol–water partition coefficient (Wildman–Crippen LogP) is 1.07. The van der Waals surface area contributed by atoms with Crippen molar-refractivity contribution >= 4 is 17.2 Å². The van der Waals surface area contributed by atoms with Crippen LogP contribution in [0.25, 0.3) is 0 Å². The summed E-state index contributed by atoms with van der Waals surface area (Å²) in [7, 11) is 0. The summed E-state index contributed by atoms with van der Waals surface area (Å²) < 4.78 is 0. The van der Waals surface area contributed by atoms with Crippen molar-refractivity contribution in [2.75, 3.05) is 13.1 Å². The van der Waals surface area contributed by atoms with Gasteiger partial charge in [-0.25, -0.2) is 0 Å². The maximum Gasteiger partial charge on any atom is 0.245 e. The Morgan fingerprint density at radius 2 is 2.36 bits per heavy atom. The lowest BCUT2D eigenvalue weighted by atomic mass is 9.99. The Bertz CT molecular complexity index is 323. The van der Waals surface area contributed by atoms with Crippen LogP contribution < -0.4 is 10.6 Å². The van der Waals surface area contributed by atoms with E-state index in [-0.39, 0.29) is 5.91 Å². The summed E-state index contributed by atoms with van der Waals surface area (Å²) >= 11 is 1.62. The summed E-state index contributed by atoms with van der Waals surface area (Å²) in [5.41, 5.74) is -0.537. The van der Waals surface area contributed by atoms with Crippen LogP contribution >= 0.6 is 11.3 Å². The Labute approximate surface area is 87.5 Å². The minimum absolute atomic E-state index is 0.0810. The average Bonchev–Trinajstić information content (AvgIpc) is 2.64. The van der Waals surface area contributed by atoms with Crippen molar-refractivity contribution in [2.24, 2.45) is 0 Å². The van der Waals surface area contributed by atoms with E-state index in [1.807, 2.05) is 24.4 Å². The minimum atomic E-state index is -0.537. The van der Waals surface area contributed by atoms with E-state index >= 15 is 0 Å². The van der Waals surface area contributed by atoms with Crippen molar-refractivity contribution in [3.8, 4) is 0 Å². The van der Waals surface area contributed by atoms with E-state index in [2.05, 4.69) is 10.6 Å². The SMILES string of the molecule is CC1(c2cccs2)NCCCNC1=O. The highest BCUT2D eigenvalue weighted by Crippen LogP contribution is 2.26. The van der Waals surface area contributed by atoms with Crippen molar-refractivity contribution in [3.63, 3.8) is 0 Å². The van der Waals surface area contributed by atoms with Gasteiger partial charge in [-0.1, -0.05) is 6.07 Å². The maximum absolute atomic E-state index is 11.9. The molecule has 1 aromatic rings. The summed E-state index contributed by atoms with van der Waals surface area (Å²) in [4.78, 5) is 12.9. The van der Waals surface area contributed by atoms with Gasteiger partial charge in [0.05, 0.1) is 0 Å². The fourth-order valence-electron chi connectivity index (χ4n) is 1.65. The van der Waals surface area contributed by atoms with E-state index in [1.54, 1.807) is 11.3 Å². The lowest BCUT2D eigenvalue weighted by molar-refractivity contribution is -0.126. The zero-order chi connectivity index (χ0) is 10.0. The molecule has 14 heavy (non-hydrogen) atoms. The number of thiophene rings is 1. The van der Waals surface area contributed by atoms with E-state index in [9.17, 15) is 4.79 Å². The topological polar surface area (TPSA) is 41.1 Å². The van der Waals surface area contributed by atoms with Gasteiger partial charge in [0.1, 0.15) is 5.54 Å². The molecule has 1 atom stereocenters. The lowest BCUT2D eigenvalue weighted by Gasteiger charge is -2.25. The molecule has 76 valence electrons. The molecule has 0 aliphatic carbocycles. The molecule has 1 fully saturated rings. The third-order valence-electron chi connectivity index (χ3n) is 2.59. The molecule has 2 heterocycles. The molecule has 1 saturated heterocycles. The van der Waals surface area contributed by atoms with Crippen LogP contribution in [-0.2, 0) is 10.3 Å². The van der Waals surface area contributed by atoms with Crippen LogP contribution in [0.1, 0.15) is 18.2 Å². The first-order valence-corrected chi connectivity index (χ1v) is 5.69. The molecule has 0 bridgehead atoms. The van der Waals surface area contributed by atoms with Crippen LogP contribution in [0.5, 0.6) is 0 Å². The van der Waals surface area contributed by atoms with E-state index in [1.165, 1.54) is 0 Å². The van der Waals surface area contributed by atoms with Crippen molar-refractivity contribution < 1.29 is 4.79 Å². The Morgan fingerprint density at radius 1 is 1.50 bits per heavy atom. The molecule has 0 radical (unpaired) electrons. The first kappa shape index (κ1) is 9.68. The third kappa shape index (κ3) is 1.55. The van der Waals surface area contributed by atoms with Gasteiger partial charge in [-0.2, -0.15) is 0 Å². The zero-order valence-electron chi connectivity index (χ0n) is 8.17. The molecule has 0 saturated carbocycles. The number of rotatable bonds is 1. The quantitative estimate of drug-likeness (QED) is 0.728. The van der Waals surface area contributed by atoms with Gasteiger partial charge in [0, 0.05) is 11.4 Å². The number of hydrogen-bond acceptors (Lipinski definition) is 3. The Kier molecular flexibility index (Phi) is 2.56. The molecule has 2 N–H and O–H groups in total. The first-order valence-electron chi connectivity index (χ1n) is 4.81. The number of nitrogens with one attached hydrogen (secondary N) is 2. The van der Waals surface area contributed by atoms with E-state index in [4.69, 9.17) is 0 Å². The second kappa shape index (κ2) is 3.71. The van der Waals surface area contributed by atoms with Crippen molar-refractivity contribution in [3.05, 3.63) is 22.4 Å². The van der Waals surface area contributed by atoms with Crippen LogP contribution in [0.3, 0.4) is 0 Å². The minimum Gasteiger partial charge on any atom is -0.354 e. The van der Waals surface area contributed by atoms with Gasteiger partial charge < -0.3 is 5.32 Å². The molecule has 1 aliphatic rings. The van der Waals surface area contributed by atoms with E-state index < -0.39 is 5.54 Å². The van der Waals surface area contributed by atoms with Crippen LogP contribution in [0, 0.1) is 0 Å². The highest BCUT2D eigenvalue weighted by Gasteiger charge is 2.36. The molecule has 0 spiro atoms. The van der Waals surface area contributed by atoms with Gasteiger partial charge in [0.2, 0.25) is 5.91 Å². The highest BCUT2D eigenvalue weighted by molar-refractivity contribution is 7.10. The van der Waals surface area contributed by atoms with Gasteiger partial charge in [-0.3, -0.25) is 10.1 Å². The second-order valence-electron chi connectivity index (χ2n) is 3.64. The van der Waals surface area contributed by atoms with Gasteiger partial charge in [-0.05, 0) is 31.3 Å². The highest BCUT2D eigenvalue weighted by atomic mass is 32.1. The monoisotopic (exact) mass is 210 g/mol. The molecular weight excluding hydrogens is 196 g/mol. The third-order valence-corrected chi connectivity index (χ3v) is 3.68. The van der Waals surface area contributed by atoms with Gasteiger partial charge in [0.25, 0.3) is 0 Å². The summed E-state index contributed by atoms with van der Waals surface area (Å²) in [6, 6.07) is 3.98. The Morgan fingerprint density at radius 3 is 3.07 bits per heavy atom. The second-order valence-corrected chi connectivity index (χ2v) is 4.59. The van der Waals surface area contributed by atoms with E-state index in [0.29, 0.717) is 0 Å². The van der Waals surface area contributed by atoms with Crippen LogP contribution in [0.2, 0.25) is 0 Å². The molecule has 0 aromatic carbocycles. The van der Waals surface area contributed by atoms with Crippen LogP contribution in [0.15, 0.2) is 17.5 Å². The summed E-state index contributed by atoms with van der Waals surface area (Å²) in [5.74, 6) is 0.0810.